The van der Waals surface area contributed by atoms with E-state index in [-0.39, 0.29) is 31.4 Å². The number of alkyl halides is 3. The van der Waals surface area contributed by atoms with Crippen LogP contribution in [-0.2, 0) is 44.9 Å². The summed E-state index contributed by atoms with van der Waals surface area (Å²) in [5.74, 6) is -0.671. The van der Waals surface area contributed by atoms with Crippen molar-refractivity contribution in [2.45, 2.75) is 52.6 Å². The lowest BCUT2D eigenvalue weighted by Gasteiger charge is -2.36. The summed E-state index contributed by atoms with van der Waals surface area (Å²) in [6, 6.07) is 27.1. The van der Waals surface area contributed by atoms with Gasteiger partial charge in [0.05, 0.1) is 18.8 Å². The summed E-state index contributed by atoms with van der Waals surface area (Å²) >= 11 is 0. The van der Waals surface area contributed by atoms with Crippen molar-refractivity contribution >= 4 is 29.5 Å². The zero-order valence-electron chi connectivity index (χ0n) is 31.9. The predicted molar refractivity (Wildman–Crippen MR) is 209 cm³/mol. The van der Waals surface area contributed by atoms with Crippen LogP contribution in [0.15, 0.2) is 103 Å². The summed E-state index contributed by atoms with van der Waals surface area (Å²) in [6.07, 6.45) is -1.46. The number of anilines is 1. The molecule has 0 saturated carbocycles. The normalized spacial score (nSPS) is 13.9. The Morgan fingerprint density at radius 1 is 0.855 bits per heavy atom. The van der Waals surface area contributed by atoms with Gasteiger partial charge in [0.2, 0.25) is 17.7 Å². The van der Waals surface area contributed by atoms with Crippen LogP contribution in [0.25, 0.3) is 6.08 Å². The van der Waals surface area contributed by atoms with Crippen molar-refractivity contribution in [1.82, 2.24) is 14.7 Å². The number of aryl methyl sites for hydroxylation is 2. The van der Waals surface area contributed by atoms with E-state index in [1.165, 1.54) is 34.7 Å². The molecular formula is C44H49F3N4O4. The molecule has 8 nitrogen and oxygen atoms in total. The minimum Gasteiger partial charge on any atom is -0.375 e. The van der Waals surface area contributed by atoms with Gasteiger partial charge in [0.1, 0.15) is 6.04 Å². The Kier molecular flexibility index (Phi) is 13.9. The second-order valence-corrected chi connectivity index (χ2v) is 14.0. The zero-order chi connectivity index (χ0) is 39.5. The first-order valence-electron chi connectivity index (χ1n) is 18.5. The third kappa shape index (κ3) is 11.5. The number of nitrogens with zero attached hydrogens (tertiary/aromatic N) is 4. The molecule has 4 aromatic carbocycles. The Balaban J connectivity index is 1.38. The third-order valence-electron chi connectivity index (χ3n) is 9.95. The maximum Gasteiger partial charge on any atom is 0.416 e. The van der Waals surface area contributed by atoms with Crippen LogP contribution >= 0.6 is 0 Å². The number of benzene rings is 4. The van der Waals surface area contributed by atoms with E-state index >= 15 is 0 Å². The molecule has 55 heavy (non-hydrogen) atoms. The molecule has 3 amide bonds. The van der Waals surface area contributed by atoms with Gasteiger partial charge in [-0.25, -0.2) is 0 Å². The molecule has 1 heterocycles. The molecule has 0 aliphatic carbocycles. The molecule has 0 N–H and O–H groups in total. The van der Waals surface area contributed by atoms with Gasteiger partial charge in [0.25, 0.3) is 0 Å². The summed E-state index contributed by atoms with van der Waals surface area (Å²) in [7, 11) is 1.70. The molecule has 1 atom stereocenters. The smallest absolute Gasteiger partial charge is 0.375 e. The van der Waals surface area contributed by atoms with Crippen molar-refractivity contribution in [2.24, 2.45) is 0 Å². The second-order valence-electron chi connectivity index (χ2n) is 14.0. The Hall–Kier alpha value is -5.42. The van der Waals surface area contributed by atoms with Crippen LogP contribution in [0.4, 0.5) is 18.9 Å². The molecule has 0 unspecified atom stereocenters. The van der Waals surface area contributed by atoms with E-state index in [0.29, 0.717) is 44.9 Å². The SMILES string of the molecule is CC(=O)N1CCN(c2ccc(CN(C(=O)C=Cc3ccc(C(F)(F)F)cc3)[C@@H](Cc3ccccc3)C(=O)N(C)CCOCc3ccc(C)cc3C)cc2)CC1. The molecule has 11 heteroatoms. The quantitative estimate of drug-likeness (QED) is 0.0998. The van der Waals surface area contributed by atoms with Gasteiger partial charge < -0.3 is 24.3 Å². The van der Waals surface area contributed by atoms with Gasteiger partial charge in [-0.1, -0.05) is 78.4 Å². The summed E-state index contributed by atoms with van der Waals surface area (Å²) in [6.45, 7) is 9.43. The molecule has 4 aromatic rings. The molecule has 0 aromatic heterocycles. The first-order chi connectivity index (χ1) is 26.3. The summed E-state index contributed by atoms with van der Waals surface area (Å²) in [5, 5.41) is 0. The molecule has 290 valence electrons. The molecular weight excluding hydrogens is 706 g/mol. The van der Waals surface area contributed by atoms with Crippen molar-refractivity contribution in [2.75, 3.05) is 51.3 Å². The van der Waals surface area contributed by atoms with Crippen LogP contribution in [0, 0.1) is 13.8 Å². The molecule has 5 rings (SSSR count). The highest BCUT2D eigenvalue weighted by atomic mass is 19.4. The highest BCUT2D eigenvalue weighted by Crippen LogP contribution is 2.29. The van der Waals surface area contributed by atoms with E-state index in [1.807, 2.05) is 85.5 Å². The van der Waals surface area contributed by atoms with Gasteiger partial charge in [-0.2, -0.15) is 13.2 Å². The number of hydrogen-bond acceptors (Lipinski definition) is 5. The maximum absolute atomic E-state index is 14.4. The van der Waals surface area contributed by atoms with E-state index in [0.717, 1.165) is 40.1 Å². The highest BCUT2D eigenvalue weighted by Gasteiger charge is 2.32. The summed E-state index contributed by atoms with van der Waals surface area (Å²) < 4.78 is 45.6. The van der Waals surface area contributed by atoms with Crippen LogP contribution in [0.1, 0.15) is 45.9 Å². The second kappa shape index (κ2) is 18.8. The monoisotopic (exact) mass is 754 g/mol. The number of likely N-dealkylation sites (N-methyl/N-ethyl adjacent to an activating group) is 1. The number of hydrogen-bond donors (Lipinski definition) is 0. The molecule has 1 aliphatic heterocycles. The fraction of sp³-hybridized carbons (Fsp3) is 0.341. The first kappa shape index (κ1) is 40.8. The van der Waals surface area contributed by atoms with Gasteiger partial charge in [0, 0.05) is 71.4 Å². The van der Waals surface area contributed by atoms with Gasteiger partial charge in [-0.3, -0.25) is 14.4 Å². The average Bonchev–Trinajstić information content (AvgIpc) is 3.17. The van der Waals surface area contributed by atoms with E-state index in [9.17, 15) is 27.6 Å². The minimum absolute atomic E-state index is 0.0576. The number of carbonyl (C=O) groups is 3. The van der Waals surface area contributed by atoms with E-state index < -0.39 is 23.7 Å². The van der Waals surface area contributed by atoms with Gasteiger partial charge in [0.15, 0.2) is 0 Å². The van der Waals surface area contributed by atoms with Crippen LogP contribution in [0.3, 0.4) is 0 Å². The standard InChI is InChI=1S/C44H49F3N4O4/c1-32-10-16-38(33(2)28-32)31-55-27-26-48(4)43(54)41(29-36-8-6-5-7-9-36)51(42(53)21-15-35-11-17-39(18-12-35)44(45,46)47)30-37-13-19-40(20-14-37)50-24-22-49(23-25-50)34(3)52/h5-21,28,41H,22-27,29-31H2,1-4H3/t41-/m0/s1. The van der Waals surface area contributed by atoms with E-state index in [2.05, 4.69) is 11.0 Å². The Morgan fingerprint density at radius 3 is 2.15 bits per heavy atom. The Morgan fingerprint density at radius 2 is 1.53 bits per heavy atom. The molecule has 1 fully saturated rings. The minimum atomic E-state index is -4.48. The molecule has 1 saturated heterocycles. The van der Waals surface area contributed by atoms with Crippen LogP contribution < -0.4 is 4.90 Å². The largest absolute Gasteiger partial charge is 0.416 e. The van der Waals surface area contributed by atoms with Crippen LogP contribution in [0.2, 0.25) is 0 Å². The summed E-state index contributed by atoms with van der Waals surface area (Å²) in [5.41, 5.74) is 5.67. The average molecular weight is 755 g/mol. The summed E-state index contributed by atoms with van der Waals surface area (Å²) in [4.78, 5) is 47.6. The lowest BCUT2D eigenvalue weighted by atomic mass is 10.0. The Labute approximate surface area is 321 Å². The fourth-order valence-electron chi connectivity index (χ4n) is 6.60. The fourth-order valence-corrected chi connectivity index (χ4v) is 6.60. The van der Waals surface area contributed by atoms with Gasteiger partial charge in [-0.15, -0.1) is 0 Å². The van der Waals surface area contributed by atoms with Crippen LogP contribution in [-0.4, -0.2) is 84.8 Å². The van der Waals surface area contributed by atoms with Gasteiger partial charge in [-0.05, 0) is 72.0 Å². The number of ether oxygens (including phenoxy) is 1. The Bertz CT molecular complexity index is 1920. The van der Waals surface area contributed by atoms with Crippen molar-refractivity contribution in [1.29, 1.82) is 0 Å². The topological polar surface area (TPSA) is 73.4 Å². The van der Waals surface area contributed by atoms with E-state index in [4.69, 9.17) is 4.74 Å². The van der Waals surface area contributed by atoms with Crippen LogP contribution in [0.5, 0.6) is 0 Å². The zero-order valence-corrected chi connectivity index (χ0v) is 31.9. The molecule has 0 spiro atoms. The predicted octanol–water partition coefficient (Wildman–Crippen LogP) is 7.32. The van der Waals surface area contributed by atoms with Gasteiger partial charge >= 0.3 is 6.18 Å². The lowest BCUT2D eigenvalue weighted by molar-refractivity contribution is -0.143. The number of amides is 3. The molecule has 0 bridgehead atoms. The number of piperazine rings is 1. The number of rotatable bonds is 14. The maximum atomic E-state index is 14.4. The van der Waals surface area contributed by atoms with Crippen molar-refractivity contribution < 1.29 is 32.3 Å². The third-order valence-corrected chi connectivity index (χ3v) is 9.95. The molecule has 1 aliphatic rings. The number of carbonyl (C=O) groups excluding carboxylic acids is 3. The van der Waals surface area contributed by atoms with Crippen molar-refractivity contribution in [3.8, 4) is 0 Å². The molecule has 0 radical (unpaired) electrons. The lowest BCUT2D eigenvalue weighted by Crippen LogP contribution is -2.51. The highest BCUT2D eigenvalue weighted by molar-refractivity contribution is 5.95. The van der Waals surface area contributed by atoms with Crippen molar-refractivity contribution in [3.63, 3.8) is 0 Å². The van der Waals surface area contributed by atoms with Crippen molar-refractivity contribution in [3.05, 3.63) is 142 Å². The number of halogens is 3. The van der Waals surface area contributed by atoms with E-state index in [1.54, 1.807) is 18.9 Å². The first-order valence-corrected chi connectivity index (χ1v) is 18.5.